The van der Waals surface area contributed by atoms with Crippen LogP contribution in [0.2, 0.25) is 0 Å². The zero-order valence-corrected chi connectivity index (χ0v) is 12.9. The van der Waals surface area contributed by atoms with Crippen LogP contribution in [0.3, 0.4) is 0 Å². The Morgan fingerprint density at radius 3 is 2.47 bits per heavy atom. The van der Waals surface area contributed by atoms with Crippen molar-refractivity contribution in [2.45, 2.75) is 60.1 Å². The van der Waals surface area contributed by atoms with Crippen LogP contribution in [0.1, 0.15) is 53.3 Å². The van der Waals surface area contributed by atoms with Gasteiger partial charge < -0.3 is 4.74 Å². The highest BCUT2D eigenvalue weighted by Gasteiger charge is 2.31. The smallest absolute Gasteiger partial charge is 0.168 e. The van der Waals surface area contributed by atoms with Crippen LogP contribution in [0.5, 0.6) is 0 Å². The van der Waals surface area contributed by atoms with Crippen LogP contribution >= 0.6 is 0 Å². The average Bonchev–Trinajstić information content (AvgIpc) is 2.72. The van der Waals surface area contributed by atoms with Crippen molar-refractivity contribution in [2.24, 2.45) is 5.41 Å². The maximum Gasteiger partial charge on any atom is 0.168 e. The first-order chi connectivity index (χ1) is 8.75. The second-order valence-corrected chi connectivity index (χ2v) is 6.23. The van der Waals surface area contributed by atoms with E-state index in [0.29, 0.717) is 19.1 Å². The van der Waals surface area contributed by atoms with Gasteiger partial charge in [0.2, 0.25) is 0 Å². The third-order valence-electron chi connectivity index (χ3n) is 2.96. The molecule has 1 heterocycles. The van der Waals surface area contributed by atoms with E-state index in [1.165, 1.54) is 0 Å². The molecule has 0 saturated carbocycles. The van der Waals surface area contributed by atoms with E-state index in [0.717, 1.165) is 5.69 Å². The molecule has 19 heavy (non-hydrogen) atoms. The minimum absolute atomic E-state index is 0.100. The molecule has 1 unspecified atom stereocenters. The first-order valence-corrected chi connectivity index (χ1v) is 6.94. The topological polar surface area (TPSA) is 44.1 Å². The molecule has 4 heteroatoms. The summed E-state index contributed by atoms with van der Waals surface area (Å²) >= 11 is 0. The number of Topliss-reactive ketones (excluding diaryl/α,β-unsaturated/α-hetero) is 1. The fourth-order valence-corrected chi connectivity index (χ4v) is 2.02. The van der Waals surface area contributed by atoms with E-state index in [1.54, 1.807) is 0 Å². The molecule has 1 atom stereocenters. The van der Waals surface area contributed by atoms with Gasteiger partial charge in [-0.15, -0.1) is 0 Å². The largest absolute Gasteiger partial charge is 0.370 e. The Labute approximate surface area is 116 Å². The van der Waals surface area contributed by atoms with Gasteiger partial charge in [-0.05, 0) is 32.3 Å². The third kappa shape index (κ3) is 4.46. The van der Waals surface area contributed by atoms with Gasteiger partial charge in [-0.1, -0.05) is 20.8 Å². The van der Waals surface area contributed by atoms with Crippen molar-refractivity contribution in [1.29, 1.82) is 0 Å². The fraction of sp³-hybridized carbons (Fsp3) is 0.733. The third-order valence-corrected chi connectivity index (χ3v) is 2.96. The monoisotopic (exact) mass is 266 g/mol. The predicted molar refractivity (Wildman–Crippen MR) is 76.2 cm³/mol. The van der Waals surface area contributed by atoms with Crippen LogP contribution in [0.25, 0.3) is 0 Å². The van der Waals surface area contributed by atoms with Crippen LogP contribution in [-0.4, -0.2) is 28.3 Å². The van der Waals surface area contributed by atoms with Crippen LogP contribution in [-0.2, 0) is 16.0 Å². The predicted octanol–water partition coefficient (Wildman–Crippen LogP) is 3.03. The molecular weight excluding hydrogens is 240 g/mol. The molecular formula is C15H26N2O2. The Balaban J connectivity index is 2.75. The summed E-state index contributed by atoms with van der Waals surface area (Å²) in [7, 11) is 0. The van der Waals surface area contributed by atoms with Gasteiger partial charge in [0.05, 0.1) is 12.1 Å². The summed E-state index contributed by atoms with van der Waals surface area (Å²) in [6, 6.07) is 2.22. The summed E-state index contributed by atoms with van der Waals surface area (Å²) in [6.45, 7) is 12.7. The van der Waals surface area contributed by atoms with Crippen LogP contribution < -0.4 is 0 Å². The molecule has 0 saturated heterocycles. The van der Waals surface area contributed by atoms with E-state index in [1.807, 2.05) is 44.6 Å². The van der Waals surface area contributed by atoms with Crippen molar-refractivity contribution in [3.63, 3.8) is 0 Å². The van der Waals surface area contributed by atoms with E-state index in [2.05, 4.69) is 18.9 Å². The number of ether oxygens (including phenoxy) is 1. The number of aromatic nitrogens is 2. The number of ketones is 1. The Hall–Kier alpha value is -1.16. The highest BCUT2D eigenvalue weighted by molar-refractivity contribution is 5.85. The number of hydrogen-bond donors (Lipinski definition) is 0. The Bertz CT molecular complexity index is 416. The quantitative estimate of drug-likeness (QED) is 0.795. The summed E-state index contributed by atoms with van der Waals surface area (Å²) in [5, 5.41) is 4.41. The summed E-state index contributed by atoms with van der Waals surface area (Å²) in [5.74, 6) is 0.100. The van der Waals surface area contributed by atoms with Gasteiger partial charge >= 0.3 is 0 Å². The van der Waals surface area contributed by atoms with Crippen molar-refractivity contribution in [3.05, 3.63) is 18.0 Å². The molecule has 0 radical (unpaired) electrons. The highest BCUT2D eigenvalue weighted by Crippen LogP contribution is 2.24. The van der Waals surface area contributed by atoms with Gasteiger partial charge in [0.1, 0.15) is 6.10 Å². The molecule has 0 bridgehead atoms. The van der Waals surface area contributed by atoms with Crippen molar-refractivity contribution >= 4 is 5.78 Å². The molecule has 0 N–H and O–H groups in total. The van der Waals surface area contributed by atoms with Gasteiger partial charge in [-0.3, -0.25) is 9.48 Å². The molecule has 0 aromatic carbocycles. The fourth-order valence-electron chi connectivity index (χ4n) is 2.02. The maximum absolute atomic E-state index is 12.4. The normalized spacial score (nSPS) is 13.8. The summed E-state index contributed by atoms with van der Waals surface area (Å²) in [6.07, 6.45) is 1.88. The van der Waals surface area contributed by atoms with Crippen molar-refractivity contribution in [2.75, 3.05) is 6.61 Å². The molecule has 1 rings (SSSR count). The van der Waals surface area contributed by atoms with Gasteiger partial charge in [0.15, 0.2) is 5.78 Å². The highest BCUT2D eigenvalue weighted by atomic mass is 16.5. The standard InChI is InChI=1S/C15H26N2O2/c1-7-19-14(15(4,5)6)13(18)10-12-8-9-17(16-12)11(2)3/h8-9,11,14H,7,10H2,1-6H3. The zero-order chi connectivity index (χ0) is 14.6. The Kier molecular flexibility index (Phi) is 5.29. The molecule has 1 aromatic heterocycles. The molecule has 0 aliphatic heterocycles. The van der Waals surface area contributed by atoms with Crippen molar-refractivity contribution < 1.29 is 9.53 Å². The molecule has 0 spiro atoms. The minimum atomic E-state index is -0.373. The minimum Gasteiger partial charge on any atom is -0.370 e. The Morgan fingerprint density at radius 1 is 1.42 bits per heavy atom. The number of hydrogen-bond acceptors (Lipinski definition) is 3. The average molecular weight is 266 g/mol. The van der Waals surface area contributed by atoms with E-state index in [9.17, 15) is 4.79 Å². The van der Waals surface area contributed by atoms with Gasteiger partial charge in [0, 0.05) is 18.8 Å². The van der Waals surface area contributed by atoms with Crippen LogP contribution in [0.15, 0.2) is 12.3 Å². The lowest BCUT2D eigenvalue weighted by Gasteiger charge is -2.28. The van der Waals surface area contributed by atoms with Crippen LogP contribution in [0.4, 0.5) is 0 Å². The summed E-state index contributed by atoms with van der Waals surface area (Å²) < 4.78 is 7.48. The van der Waals surface area contributed by atoms with E-state index >= 15 is 0 Å². The van der Waals surface area contributed by atoms with E-state index in [-0.39, 0.29) is 17.3 Å². The lowest BCUT2D eigenvalue weighted by Crippen LogP contribution is -2.38. The molecule has 0 aliphatic rings. The first-order valence-electron chi connectivity index (χ1n) is 6.94. The van der Waals surface area contributed by atoms with Gasteiger partial charge in [0.25, 0.3) is 0 Å². The molecule has 0 amide bonds. The molecule has 108 valence electrons. The SMILES string of the molecule is CCOC(C(=O)Cc1ccn(C(C)C)n1)C(C)(C)C. The Morgan fingerprint density at radius 2 is 2.05 bits per heavy atom. The number of nitrogens with zero attached hydrogens (tertiary/aromatic N) is 2. The van der Waals surface area contributed by atoms with Crippen molar-refractivity contribution in [1.82, 2.24) is 9.78 Å². The second kappa shape index (κ2) is 6.33. The lowest BCUT2D eigenvalue weighted by molar-refractivity contribution is -0.136. The molecule has 4 nitrogen and oxygen atoms in total. The molecule has 1 aromatic rings. The van der Waals surface area contributed by atoms with Gasteiger partial charge in [-0.2, -0.15) is 5.10 Å². The number of carbonyl (C=O) groups excluding carboxylic acids is 1. The second-order valence-electron chi connectivity index (χ2n) is 6.23. The van der Waals surface area contributed by atoms with E-state index < -0.39 is 0 Å². The molecule has 0 fully saturated rings. The summed E-state index contributed by atoms with van der Waals surface area (Å²) in [5.41, 5.74) is 0.626. The maximum atomic E-state index is 12.4. The number of carbonyl (C=O) groups is 1. The molecule has 0 aliphatic carbocycles. The number of rotatable bonds is 6. The summed E-state index contributed by atoms with van der Waals surface area (Å²) in [4.78, 5) is 12.4. The lowest BCUT2D eigenvalue weighted by atomic mass is 9.85. The first kappa shape index (κ1) is 15.9. The van der Waals surface area contributed by atoms with Gasteiger partial charge in [-0.25, -0.2) is 0 Å². The van der Waals surface area contributed by atoms with Crippen LogP contribution in [0, 0.1) is 5.41 Å². The van der Waals surface area contributed by atoms with Crippen molar-refractivity contribution in [3.8, 4) is 0 Å². The van der Waals surface area contributed by atoms with E-state index in [4.69, 9.17) is 4.74 Å². The zero-order valence-electron chi connectivity index (χ0n) is 12.9.